The van der Waals surface area contributed by atoms with Gasteiger partial charge in [0, 0.05) is 25.0 Å². The Morgan fingerprint density at radius 2 is 1.95 bits per heavy atom. The van der Waals surface area contributed by atoms with Crippen molar-refractivity contribution < 1.29 is 4.79 Å². The van der Waals surface area contributed by atoms with Gasteiger partial charge in [-0.3, -0.25) is 9.78 Å². The van der Waals surface area contributed by atoms with Crippen LogP contribution in [0.15, 0.2) is 42.6 Å². The second kappa shape index (κ2) is 7.09. The van der Waals surface area contributed by atoms with Gasteiger partial charge in [0.15, 0.2) is 0 Å². The first-order valence-corrected chi connectivity index (χ1v) is 7.30. The molecule has 0 fully saturated rings. The number of nitrogens with zero attached hydrogens (tertiary/aromatic N) is 2. The van der Waals surface area contributed by atoms with Crippen molar-refractivity contribution in [2.75, 3.05) is 23.3 Å². The molecule has 0 aliphatic heterocycles. The molecule has 0 saturated heterocycles. The third kappa shape index (κ3) is 3.73. The van der Waals surface area contributed by atoms with Gasteiger partial charge in [-0.2, -0.15) is 0 Å². The second-order valence-electron chi connectivity index (χ2n) is 4.51. The Balaban J connectivity index is 2.20. The summed E-state index contributed by atoms with van der Waals surface area (Å²) >= 11 is 6.04. The first-order chi connectivity index (χ1) is 10.2. The molecule has 1 heterocycles. The number of hydrogen-bond acceptors (Lipinski definition) is 3. The van der Waals surface area contributed by atoms with Gasteiger partial charge < -0.3 is 10.2 Å². The number of amides is 1. The molecule has 2 aromatic rings. The molecule has 1 aromatic carbocycles. The van der Waals surface area contributed by atoms with Gasteiger partial charge >= 0.3 is 0 Å². The van der Waals surface area contributed by atoms with Crippen LogP contribution in [0.5, 0.6) is 0 Å². The minimum absolute atomic E-state index is 0.267. The average Bonchev–Trinajstić information content (AvgIpc) is 2.51. The van der Waals surface area contributed by atoms with E-state index < -0.39 is 0 Å². The fraction of sp³-hybridized carbons (Fsp3) is 0.250. The molecule has 0 bridgehead atoms. The number of halogens is 1. The standard InChI is InChI=1S/C16H18ClN3O/c1-3-20(4-2)12-9-10-18-15(11-12)16(21)19-14-8-6-5-7-13(14)17/h5-11H,3-4H2,1-2H3,(H,19,21). The van der Waals surface area contributed by atoms with Gasteiger partial charge in [-0.25, -0.2) is 0 Å². The number of rotatable bonds is 5. The predicted molar refractivity (Wildman–Crippen MR) is 87.2 cm³/mol. The number of nitrogens with one attached hydrogen (secondary N) is 1. The Bertz CT molecular complexity index is 626. The number of anilines is 2. The molecule has 4 nitrogen and oxygen atoms in total. The van der Waals surface area contributed by atoms with E-state index in [-0.39, 0.29) is 5.91 Å². The maximum absolute atomic E-state index is 12.3. The number of pyridine rings is 1. The highest BCUT2D eigenvalue weighted by Crippen LogP contribution is 2.21. The highest BCUT2D eigenvalue weighted by Gasteiger charge is 2.11. The summed E-state index contributed by atoms with van der Waals surface area (Å²) < 4.78 is 0. The lowest BCUT2D eigenvalue weighted by Gasteiger charge is -2.21. The van der Waals surface area contributed by atoms with Crippen molar-refractivity contribution in [3.8, 4) is 0 Å². The van der Waals surface area contributed by atoms with Gasteiger partial charge in [0.2, 0.25) is 0 Å². The van der Waals surface area contributed by atoms with E-state index in [1.807, 2.05) is 18.2 Å². The molecular weight excluding hydrogens is 286 g/mol. The fourth-order valence-electron chi connectivity index (χ4n) is 2.08. The summed E-state index contributed by atoms with van der Waals surface area (Å²) in [6.45, 7) is 5.92. The van der Waals surface area contributed by atoms with Crippen molar-refractivity contribution in [1.82, 2.24) is 4.98 Å². The van der Waals surface area contributed by atoms with Crippen molar-refractivity contribution in [1.29, 1.82) is 0 Å². The maximum Gasteiger partial charge on any atom is 0.274 e. The molecule has 0 aliphatic rings. The Morgan fingerprint density at radius 3 is 2.62 bits per heavy atom. The van der Waals surface area contributed by atoms with E-state index in [2.05, 4.69) is 29.0 Å². The quantitative estimate of drug-likeness (QED) is 0.913. The summed E-state index contributed by atoms with van der Waals surface area (Å²) in [5.41, 5.74) is 1.94. The molecule has 0 spiro atoms. The molecule has 0 unspecified atom stereocenters. The van der Waals surface area contributed by atoms with E-state index in [0.717, 1.165) is 18.8 Å². The van der Waals surface area contributed by atoms with Crippen molar-refractivity contribution in [2.45, 2.75) is 13.8 Å². The zero-order chi connectivity index (χ0) is 15.2. The van der Waals surface area contributed by atoms with Gasteiger partial charge in [0.25, 0.3) is 5.91 Å². The van der Waals surface area contributed by atoms with E-state index in [4.69, 9.17) is 11.6 Å². The van der Waals surface area contributed by atoms with Crippen molar-refractivity contribution in [3.63, 3.8) is 0 Å². The van der Waals surface area contributed by atoms with Crippen LogP contribution >= 0.6 is 11.6 Å². The summed E-state index contributed by atoms with van der Waals surface area (Å²) in [5, 5.41) is 3.28. The Labute approximate surface area is 129 Å². The molecular formula is C16H18ClN3O. The van der Waals surface area contributed by atoms with Crippen LogP contribution in [0.25, 0.3) is 0 Å². The number of hydrogen-bond donors (Lipinski definition) is 1. The van der Waals surface area contributed by atoms with Gasteiger partial charge in [-0.05, 0) is 38.1 Å². The molecule has 0 radical (unpaired) electrons. The summed E-state index contributed by atoms with van der Waals surface area (Å²) in [5.74, 6) is -0.267. The van der Waals surface area contributed by atoms with Crippen LogP contribution in [0, 0.1) is 0 Å². The fourth-order valence-corrected chi connectivity index (χ4v) is 2.26. The van der Waals surface area contributed by atoms with Crippen molar-refractivity contribution in [3.05, 3.63) is 53.3 Å². The van der Waals surface area contributed by atoms with E-state index in [9.17, 15) is 4.79 Å². The molecule has 5 heteroatoms. The molecule has 110 valence electrons. The molecule has 1 N–H and O–H groups in total. The zero-order valence-electron chi connectivity index (χ0n) is 12.1. The molecule has 1 aromatic heterocycles. The highest BCUT2D eigenvalue weighted by atomic mass is 35.5. The number of carbonyl (C=O) groups is 1. The third-order valence-corrected chi connectivity index (χ3v) is 3.56. The molecule has 1 amide bonds. The largest absolute Gasteiger partial charge is 0.372 e. The van der Waals surface area contributed by atoms with E-state index in [0.29, 0.717) is 16.4 Å². The molecule has 0 aliphatic carbocycles. The van der Waals surface area contributed by atoms with Crippen LogP contribution in [0.3, 0.4) is 0 Å². The number of benzene rings is 1. The maximum atomic E-state index is 12.3. The zero-order valence-corrected chi connectivity index (χ0v) is 12.9. The summed E-state index contributed by atoms with van der Waals surface area (Å²) in [7, 11) is 0. The smallest absolute Gasteiger partial charge is 0.274 e. The summed E-state index contributed by atoms with van der Waals surface area (Å²) in [6.07, 6.45) is 1.65. The van der Waals surface area contributed by atoms with Gasteiger partial charge in [-0.15, -0.1) is 0 Å². The topological polar surface area (TPSA) is 45.2 Å². The number of aromatic nitrogens is 1. The molecule has 0 atom stereocenters. The van der Waals surface area contributed by atoms with Crippen LogP contribution in [0.4, 0.5) is 11.4 Å². The normalized spacial score (nSPS) is 10.2. The van der Waals surface area contributed by atoms with Gasteiger partial charge in [0.1, 0.15) is 5.69 Å². The van der Waals surface area contributed by atoms with Crippen LogP contribution in [0.2, 0.25) is 5.02 Å². The predicted octanol–water partition coefficient (Wildman–Crippen LogP) is 3.83. The van der Waals surface area contributed by atoms with Gasteiger partial charge in [0.05, 0.1) is 10.7 Å². The Kier molecular flexibility index (Phi) is 5.17. The van der Waals surface area contributed by atoms with Crippen LogP contribution < -0.4 is 10.2 Å². The SMILES string of the molecule is CCN(CC)c1ccnc(C(=O)Nc2ccccc2Cl)c1. The minimum Gasteiger partial charge on any atom is -0.372 e. The molecule has 21 heavy (non-hydrogen) atoms. The molecule has 0 saturated carbocycles. The van der Waals surface area contributed by atoms with Crippen molar-refractivity contribution in [2.24, 2.45) is 0 Å². The number of carbonyl (C=O) groups excluding carboxylic acids is 1. The monoisotopic (exact) mass is 303 g/mol. The first kappa shape index (κ1) is 15.3. The van der Waals surface area contributed by atoms with E-state index in [1.165, 1.54) is 0 Å². The lowest BCUT2D eigenvalue weighted by molar-refractivity contribution is 0.102. The van der Waals surface area contributed by atoms with E-state index in [1.54, 1.807) is 24.4 Å². The lowest BCUT2D eigenvalue weighted by Crippen LogP contribution is -2.23. The average molecular weight is 304 g/mol. The van der Waals surface area contributed by atoms with Crippen molar-refractivity contribution >= 4 is 28.9 Å². The van der Waals surface area contributed by atoms with Crippen LogP contribution in [0.1, 0.15) is 24.3 Å². The van der Waals surface area contributed by atoms with Crippen LogP contribution in [-0.4, -0.2) is 24.0 Å². The summed E-state index contributed by atoms with van der Waals surface area (Å²) in [6, 6.07) is 10.8. The third-order valence-electron chi connectivity index (χ3n) is 3.23. The minimum atomic E-state index is -0.267. The lowest BCUT2D eigenvalue weighted by atomic mass is 10.2. The summed E-state index contributed by atoms with van der Waals surface area (Å²) in [4.78, 5) is 18.6. The first-order valence-electron chi connectivity index (χ1n) is 6.92. The Morgan fingerprint density at radius 1 is 1.24 bits per heavy atom. The highest BCUT2D eigenvalue weighted by molar-refractivity contribution is 6.33. The van der Waals surface area contributed by atoms with Crippen LogP contribution in [-0.2, 0) is 0 Å². The Hall–Kier alpha value is -2.07. The van der Waals surface area contributed by atoms with E-state index >= 15 is 0 Å². The number of para-hydroxylation sites is 1. The second-order valence-corrected chi connectivity index (χ2v) is 4.91. The van der Waals surface area contributed by atoms with Gasteiger partial charge in [-0.1, -0.05) is 23.7 Å². The molecule has 2 rings (SSSR count).